The van der Waals surface area contributed by atoms with Gasteiger partial charge >= 0.3 is 0 Å². The highest BCUT2D eigenvalue weighted by Crippen LogP contribution is 2.05. The molecule has 0 fully saturated rings. The molecule has 0 aliphatic rings. The van der Waals surface area contributed by atoms with E-state index < -0.39 is 0 Å². The topological polar surface area (TPSA) is 21.7 Å². The van der Waals surface area contributed by atoms with Crippen molar-refractivity contribution in [3.05, 3.63) is 12.2 Å². The van der Waals surface area contributed by atoms with Gasteiger partial charge in [0.25, 0.3) is 0 Å². The standard InChI is InChI=1S/C11H22ClNO2/c1-10(7-12)8-13(5-6-14-3)11(2)9-15-4/h11H,1,5-9H2,2-4H3. The molecule has 0 aliphatic carbocycles. The van der Waals surface area contributed by atoms with E-state index in [1.54, 1.807) is 14.2 Å². The molecule has 1 unspecified atom stereocenters. The first-order chi connectivity index (χ1) is 7.15. The Kier molecular flexibility index (Phi) is 9.10. The van der Waals surface area contributed by atoms with E-state index in [1.807, 2.05) is 0 Å². The number of ether oxygens (including phenoxy) is 2. The zero-order valence-corrected chi connectivity index (χ0v) is 10.7. The highest BCUT2D eigenvalue weighted by atomic mass is 35.5. The van der Waals surface area contributed by atoms with Gasteiger partial charge < -0.3 is 9.47 Å². The second-order valence-electron chi connectivity index (χ2n) is 3.65. The molecule has 0 aromatic heterocycles. The van der Waals surface area contributed by atoms with Crippen molar-refractivity contribution in [1.29, 1.82) is 0 Å². The Morgan fingerprint density at radius 1 is 1.40 bits per heavy atom. The third-order valence-electron chi connectivity index (χ3n) is 2.23. The van der Waals surface area contributed by atoms with Gasteiger partial charge in [0.05, 0.1) is 13.2 Å². The summed E-state index contributed by atoms with van der Waals surface area (Å²) in [5, 5.41) is 0. The predicted molar refractivity (Wildman–Crippen MR) is 64.6 cm³/mol. The molecule has 0 aliphatic heterocycles. The third kappa shape index (κ3) is 6.90. The van der Waals surface area contributed by atoms with E-state index in [0.29, 0.717) is 25.1 Å². The lowest BCUT2D eigenvalue weighted by Crippen LogP contribution is -2.39. The lowest BCUT2D eigenvalue weighted by molar-refractivity contribution is 0.0811. The minimum Gasteiger partial charge on any atom is -0.383 e. The molecule has 0 rings (SSSR count). The summed E-state index contributed by atoms with van der Waals surface area (Å²) >= 11 is 5.72. The van der Waals surface area contributed by atoms with Gasteiger partial charge in [0, 0.05) is 39.2 Å². The number of nitrogens with zero attached hydrogens (tertiary/aromatic N) is 1. The van der Waals surface area contributed by atoms with Gasteiger partial charge in [0.15, 0.2) is 0 Å². The van der Waals surface area contributed by atoms with Crippen molar-refractivity contribution in [3.8, 4) is 0 Å². The van der Waals surface area contributed by atoms with Crippen LogP contribution in [0, 0.1) is 0 Å². The molecule has 0 spiro atoms. The van der Waals surface area contributed by atoms with E-state index >= 15 is 0 Å². The van der Waals surface area contributed by atoms with Gasteiger partial charge in [-0.25, -0.2) is 0 Å². The minimum atomic E-state index is 0.352. The van der Waals surface area contributed by atoms with Gasteiger partial charge in [0.2, 0.25) is 0 Å². The number of rotatable bonds is 9. The van der Waals surface area contributed by atoms with E-state index in [-0.39, 0.29) is 0 Å². The van der Waals surface area contributed by atoms with Crippen molar-refractivity contribution in [1.82, 2.24) is 4.90 Å². The summed E-state index contributed by atoms with van der Waals surface area (Å²) in [6.07, 6.45) is 0. The molecule has 0 radical (unpaired) electrons. The van der Waals surface area contributed by atoms with Crippen LogP contribution in [0.1, 0.15) is 6.92 Å². The van der Waals surface area contributed by atoms with Crippen molar-refractivity contribution < 1.29 is 9.47 Å². The average molecular weight is 236 g/mol. The summed E-state index contributed by atoms with van der Waals surface area (Å²) < 4.78 is 10.2. The van der Waals surface area contributed by atoms with Crippen LogP contribution >= 0.6 is 11.6 Å². The summed E-state index contributed by atoms with van der Waals surface area (Å²) in [4.78, 5) is 2.26. The van der Waals surface area contributed by atoms with E-state index in [2.05, 4.69) is 18.4 Å². The fourth-order valence-corrected chi connectivity index (χ4v) is 1.42. The number of hydrogen-bond donors (Lipinski definition) is 0. The molecular formula is C11H22ClNO2. The van der Waals surface area contributed by atoms with Crippen LogP contribution in [0.15, 0.2) is 12.2 Å². The van der Waals surface area contributed by atoms with Crippen LogP contribution in [-0.4, -0.2) is 57.3 Å². The Labute approximate surface area is 98.0 Å². The van der Waals surface area contributed by atoms with Crippen LogP contribution in [0.5, 0.6) is 0 Å². The van der Waals surface area contributed by atoms with Crippen molar-refractivity contribution in [2.45, 2.75) is 13.0 Å². The molecular weight excluding hydrogens is 214 g/mol. The molecule has 15 heavy (non-hydrogen) atoms. The number of alkyl halides is 1. The van der Waals surface area contributed by atoms with Gasteiger partial charge in [-0.15, -0.1) is 11.6 Å². The Balaban J connectivity index is 4.09. The summed E-state index contributed by atoms with van der Waals surface area (Å²) in [5.41, 5.74) is 1.02. The van der Waals surface area contributed by atoms with Gasteiger partial charge in [-0.05, 0) is 12.5 Å². The predicted octanol–water partition coefficient (Wildman–Crippen LogP) is 1.76. The Morgan fingerprint density at radius 2 is 2.07 bits per heavy atom. The van der Waals surface area contributed by atoms with Gasteiger partial charge in [0.1, 0.15) is 0 Å². The summed E-state index contributed by atoms with van der Waals surface area (Å²) in [7, 11) is 3.41. The summed E-state index contributed by atoms with van der Waals surface area (Å²) in [6, 6.07) is 0.352. The molecule has 0 heterocycles. The van der Waals surface area contributed by atoms with Crippen LogP contribution in [0.4, 0.5) is 0 Å². The first-order valence-corrected chi connectivity index (χ1v) is 5.63. The van der Waals surface area contributed by atoms with Crippen molar-refractivity contribution in [3.63, 3.8) is 0 Å². The number of hydrogen-bond acceptors (Lipinski definition) is 3. The maximum Gasteiger partial charge on any atom is 0.0615 e. The Morgan fingerprint density at radius 3 is 2.53 bits per heavy atom. The van der Waals surface area contributed by atoms with Gasteiger partial charge in [-0.1, -0.05) is 6.58 Å². The monoisotopic (exact) mass is 235 g/mol. The lowest BCUT2D eigenvalue weighted by Gasteiger charge is -2.28. The maximum atomic E-state index is 5.72. The van der Waals surface area contributed by atoms with E-state index in [9.17, 15) is 0 Å². The first kappa shape index (κ1) is 14.9. The summed E-state index contributed by atoms with van der Waals surface area (Å²) in [5.74, 6) is 0.503. The fourth-order valence-electron chi connectivity index (χ4n) is 1.34. The highest BCUT2D eigenvalue weighted by Gasteiger charge is 2.13. The number of halogens is 1. The molecule has 0 N–H and O–H groups in total. The molecule has 1 atom stereocenters. The minimum absolute atomic E-state index is 0.352. The van der Waals surface area contributed by atoms with Crippen LogP contribution < -0.4 is 0 Å². The van der Waals surface area contributed by atoms with Crippen LogP contribution in [0.3, 0.4) is 0 Å². The molecule has 0 bridgehead atoms. The first-order valence-electron chi connectivity index (χ1n) is 5.10. The highest BCUT2D eigenvalue weighted by molar-refractivity contribution is 6.19. The SMILES string of the molecule is C=C(CCl)CN(CCOC)C(C)COC. The maximum absolute atomic E-state index is 5.72. The van der Waals surface area contributed by atoms with Gasteiger partial charge in [-0.3, -0.25) is 4.90 Å². The van der Waals surface area contributed by atoms with Crippen LogP contribution in [-0.2, 0) is 9.47 Å². The van der Waals surface area contributed by atoms with Crippen LogP contribution in [0.25, 0.3) is 0 Å². The smallest absolute Gasteiger partial charge is 0.0615 e. The molecule has 0 amide bonds. The number of methoxy groups -OCH3 is 2. The second-order valence-corrected chi connectivity index (χ2v) is 3.92. The van der Waals surface area contributed by atoms with E-state index in [0.717, 1.165) is 18.7 Å². The van der Waals surface area contributed by atoms with Crippen molar-refractivity contribution in [2.24, 2.45) is 0 Å². The van der Waals surface area contributed by atoms with Gasteiger partial charge in [-0.2, -0.15) is 0 Å². The fraction of sp³-hybridized carbons (Fsp3) is 0.818. The van der Waals surface area contributed by atoms with E-state index in [4.69, 9.17) is 21.1 Å². The van der Waals surface area contributed by atoms with Crippen molar-refractivity contribution in [2.75, 3.05) is 46.4 Å². The molecule has 90 valence electrons. The molecule has 4 heteroatoms. The largest absolute Gasteiger partial charge is 0.383 e. The zero-order valence-electron chi connectivity index (χ0n) is 9.96. The third-order valence-corrected chi connectivity index (χ3v) is 2.61. The Bertz CT molecular complexity index is 176. The Hall–Kier alpha value is -0.0900. The zero-order chi connectivity index (χ0) is 11.7. The van der Waals surface area contributed by atoms with E-state index in [1.165, 1.54) is 0 Å². The lowest BCUT2D eigenvalue weighted by atomic mass is 10.2. The quantitative estimate of drug-likeness (QED) is 0.449. The molecule has 0 saturated carbocycles. The average Bonchev–Trinajstić information content (AvgIpc) is 2.24. The van der Waals surface area contributed by atoms with Crippen molar-refractivity contribution >= 4 is 11.6 Å². The molecule has 3 nitrogen and oxygen atoms in total. The molecule has 0 aromatic carbocycles. The molecule has 0 aromatic rings. The normalized spacial score (nSPS) is 13.1. The van der Waals surface area contributed by atoms with Crippen LogP contribution in [0.2, 0.25) is 0 Å². The molecule has 0 saturated heterocycles. The summed E-state index contributed by atoms with van der Waals surface area (Å²) in [6.45, 7) is 9.13. The second kappa shape index (κ2) is 9.16.